The third kappa shape index (κ3) is 3.33. The number of rotatable bonds is 4. The van der Waals surface area contributed by atoms with Crippen molar-refractivity contribution in [1.82, 2.24) is 4.98 Å². The van der Waals surface area contributed by atoms with E-state index in [1.54, 1.807) is 31.5 Å². The summed E-state index contributed by atoms with van der Waals surface area (Å²) in [5, 5.41) is 0. The number of aromatic nitrogens is 1. The van der Waals surface area contributed by atoms with Gasteiger partial charge in [0, 0.05) is 21.9 Å². The van der Waals surface area contributed by atoms with E-state index in [1.807, 2.05) is 12.1 Å². The molecule has 0 aliphatic carbocycles. The van der Waals surface area contributed by atoms with Gasteiger partial charge in [-0.15, -0.1) is 0 Å². The van der Waals surface area contributed by atoms with Crippen LogP contribution >= 0.6 is 15.9 Å². The molecule has 0 spiro atoms. The first-order valence-electron chi connectivity index (χ1n) is 5.53. The van der Waals surface area contributed by atoms with Gasteiger partial charge >= 0.3 is 0 Å². The molecule has 2 rings (SSSR count). The summed E-state index contributed by atoms with van der Waals surface area (Å²) in [5.74, 6) is 0.807. The normalized spacial score (nSPS) is 12.1. The number of anilines is 1. The Bertz CT molecular complexity index is 619. The monoisotopic (exact) mass is 340 g/mol. The number of nitrogens with two attached hydrogens (primary N) is 1. The molecule has 2 aromatic rings. The van der Waals surface area contributed by atoms with Gasteiger partial charge in [0.1, 0.15) is 0 Å². The highest BCUT2D eigenvalue weighted by atomic mass is 79.9. The quantitative estimate of drug-likeness (QED) is 0.869. The first-order valence-corrected chi connectivity index (χ1v) is 7.64. The zero-order chi connectivity index (χ0) is 13.8. The maximum atomic E-state index is 12.4. The molecule has 1 heterocycles. The highest BCUT2D eigenvalue weighted by molar-refractivity contribution is 9.10. The molecule has 0 radical (unpaired) electrons. The molecule has 19 heavy (non-hydrogen) atoms. The van der Waals surface area contributed by atoms with Crippen LogP contribution in [0.1, 0.15) is 5.56 Å². The summed E-state index contributed by atoms with van der Waals surface area (Å²) in [4.78, 5) is 4.70. The van der Waals surface area contributed by atoms with Crippen LogP contribution in [-0.2, 0) is 16.6 Å². The molecule has 1 aromatic carbocycles. The summed E-state index contributed by atoms with van der Waals surface area (Å²) in [6.45, 7) is 0. The van der Waals surface area contributed by atoms with Gasteiger partial charge in [0.15, 0.2) is 0 Å². The van der Waals surface area contributed by atoms with E-state index in [4.69, 9.17) is 10.5 Å². The molecular formula is C13H13BrN2O2S. The van der Waals surface area contributed by atoms with E-state index >= 15 is 0 Å². The molecule has 0 amide bonds. The molecule has 6 heteroatoms. The highest BCUT2D eigenvalue weighted by Gasteiger charge is 2.12. The number of hydrogen-bond donors (Lipinski definition) is 1. The van der Waals surface area contributed by atoms with Gasteiger partial charge in [0.2, 0.25) is 5.88 Å². The minimum Gasteiger partial charge on any atom is -0.481 e. The van der Waals surface area contributed by atoms with Crippen molar-refractivity contribution in [2.24, 2.45) is 0 Å². The molecule has 4 nitrogen and oxygen atoms in total. The van der Waals surface area contributed by atoms with Gasteiger partial charge in [-0.25, -0.2) is 4.98 Å². The van der Waals surface area contributed by atoms with Crippen LogP contribution in [0.4, 0.5) is 5.69 Å². The van der Waals surface area contributed by atoms with Gasteiger partial charge in [-0.2, -0.15) is 0 Å². The van der Waals surface area contributed by atoms with E-state index < -0.39 is 10.8 Å². The van der Waals surface area contributed by atoms with Crippen LogP contribution < -0.4 is 10.5 Å². The molecule has 2 N–H and O–H groups in total. The van der Waals surface area contributed by atoms with Gasteiger partial charge in [-0.3, -0.25) is 4.21 Å². The second-order valence-electron chi connectivity index (χ2n) is 3.84. The average Bonchev–Trinajstić information content (AvgIpc) is 2.42. The van der Waals surface area contributed by atoms with Crippen LogP contribution in [0.15, 0.2) is 45.9 Å². The largest absolute Gasteiger partial charge is 0.481 e. The molecular weight excluding hydrogens is 328 g/mol. The van der Waals surface area contributed by atoms with Gasteiger partial charge in [0.05, 0.1) is 28.6 Å². The van der Waals surface area contributed by atoms with E-state index in [1.165, 1.54) is 0 Å². The topological polar surface area (TPSA) is 65.2 Å². The molecule has 0 bridgehead atoms. The number of methoxy groups -OCH3 is 1. The van der Waals surface area contributed by atoms with E-state index in [0.29, 0.717) is 22.2 Å². The maximum absolute atomic E-state index is 12.4. The number of nitrogens with zero attached hydrogens (tertiary/aromatic N) is 1. The number of pyridine rings is 1. The Labute approximate surface area is 122 Å². The molecule has 0 saturated heterocycles. The molecule has 0 aliphatic heterocycles. The number of ether oxygens (including phenoxy) is 1. The average molecular weight is 341 g/mol. The summed E-state index contributed by atoms with van der Waals surface area (Å²) < 4.78 is 18.4. The second kappa shape index (κ2) is 6.16. The number of hydrogen-bond acceptors (Lipinski definition) is 4. The highest BCUT2D eigenvalue weighted by Crippen LogP contribution is 2.25. The number of nitrogen functional groups attached to an aromatic ring is 1. The SMILES string of the molecule is COc1ncccc1CS(=O)c1cc(Br)ccc1N. The standard InChI is InChI=1S/C13H13BrN2O2S/c1-18-13-9(3-2-6-16-13)8-19(17)12-7-10(14)4-5-11(12)15/h2-7H,8,15H2,1H3. The molecule has 1 unspecified atom stereocenters. The Morgan fingerprint density at radius 3 is 2.95 bits per heavy atom. The number of benzene rings is 1. The van der Waals surface area contributed by atoms with Crippen molar-refractivity contribution in [2.75, 3.05) is 12.8 Å². The summed E-state index contributed by atoms with van der Waals surface area (Å²) in [7, 11) is 0.301. The van der Waals surface area contributed by atoms with Crippen molar-refractivity contribution in [3.8, 4) is 5.88 Å². The van der Waals surface area contributed by atoms with Gasteiger partial charge < -0.3 is 10.5 Å². The fourth-order valence-electron chi connectivity index (χ4n) is 1.64. The van der Waals surface area contributed by atoms with Gasteiger partial charge in [0.25, 0.3) is 0 Å². The maximum Gasteiger partial charge on any atom is 0.217 e. The zero-order valence-electron chi connectivity index (χ0n) is 10.3. The predicted octanol–water partition coefficient (Wildman–Crippen LogP) is 2.74. The Kier molecular flexibility index (Phi) is 4.55. The van der Waals surface area contributed by atoms with Crippen molar-refractivity contribution in [3.63, 3.8) is 0 Å². The Morgan fingerprint density at radius 2 is 2.21 bits per heavy atom. The van der Waals surface area contributed by atoms with Crippen molar-refractivity contribution >= 4 is 32.4 Å². The first kappa shape index (κ1) is 14.0. The molecule has 1 atom stereocenters. The lowest BCUT2D eigenvalue weighted by Gasteiger charge is -2.09. The summed E-state index contributed by atoms with van der Waals surface area (Å²) in [6.07, 6.45) is 1.64. The van der Waals surface area contributed by atoms with Crippen LogP contribution in [0.25, 0.3) is 0 Å². The summed E-state index contributed by atoms with van der Waals surface area (Å²) >= 11 is 3.35. The predicted molar refractivity (Wildman–Crippen MR) is 79.5 cm³/mol. The lowest BCUT2D eigenvalue weighted by atomic mass is 10.3. The molecule has 0 fully saturated rings. The number of halogens is 1. The van der Waals surface area contributed by atoms with Crippen molar-refractivity contribution < 1.29 is 8.95 Å². The fourth-order valence-corrected chi connectivity index (χ4v) is 3.40. The van der Waals surface area contributed by atoms with Crippen LogP contribution in [-0.4, -0.2) is 16.3 Å². The first-order chi connectivity index (χ1) is 9.11. The second-order valence-corrected chi connectivity index (χ2v) is 6.18. The van der Waals surface area contributed by atoms with E-state index in [2.05, 4.69) is 20.9 Å². The van der Waals surface area contributed by atoms with Crippen molar-refractivity contribution in [1.29, 1.82) is 0 Å². The van der Waals surface area contributed by atoms with Crippen LogP contribution in [0.3, 0.4) is 0 Å². The third-order valence-electron chi connectivity index (χ3n) is 2.55. The minimum atomic E-state index is -1.24. The lowest BCUT2D eigenvalue weighted by molar-refractivity contribution is 0.394. The van der Waals surface area contributed by atoms with Crippen molar-refractivity contribution in [2.45, 2.75) is 10.6 Å². The smallest absolute Gasteiger partial charge is 0.217 e. The summed E-state index contributed by atoms with van der Waals surface area (Å²) in [6, 6.07) is 8.96. The van der Waals surface area contributed by atoms with Crippen molar-refractivity contribution in [3.05, 3.63) is 46.6 Å². The van der Waals surface area contributed by atoms with Gasteiger partial charge in [-0.1, -0.05) is 22.0 Å². The fraction of sp³-hybridized carbons (Fsp3) is 0.154. The minimum absolute atomic E-state index is 0.317. The van der Waals surface area contributed by atoms with E-state index in [9.17, 15) is 4.21 Å². The third-order valence-corrected chi connectivity index (χ3v) is 4.46. The van der Waals surface area contributed by atoms with Crippen LogP contribution in [0.2, 0.25) is 0 Å². The molecule has 0 saturated carbocycles. The van der Waals surface area contributed by atoms with Crippen LogP contribution in [0.5, 0.6) is 5.88 Å². The Morgan fingerprint density at radius 1 is 1.42 bits per heavy atom. The molecule has 0 aliphatic rings. The molecule has 100 valence electrons. The Balaban J connectivity index is 2.28. The molecule has 1 aromatic heterocycles. The lowest BCUT2D eigenvalue weighted by Crippen LogP contribution is -2.03. The van der Waals surface area contributed by atoms with E-state index in [0.717, 1.165) is 10.0 Å². The Hall–Kier alpha value is -1.40. The zero-order valence-corrected chi connectivity index (χ0v) is 12.7. The van der Waals surface area contributed by atoms with E-state index in [-0.39, 0.29) is 0 Å². The summed E-state index contributed by atoms with van der Waals surface area (Å²) in [5.41, 5.74) is 7.17. The van der Waals surface area contributed by atoms with Crippen LogP contribution in [0, 0.1) is 0 Å². The van der Waals surface area contributed by atoms with Gasteiger partial charge in [-0.05, 0) is 24.3 Å².